The first kappa shape index (κ1) is 6.95. The molecule has 1 saturated carbocycles. The van der Waals surface area contributed by atoms with Crippen molar-refractivity contribution in [2.75, 3.05) is 13.1 Å². The molecule has 2 N–H and O–H groups in total. The van der Waals surface area contributed by atoms with Gasteiger partial charge in [-0.1, -0.05) is 19.3 Å². The number of hydrogen-bond donors (Lipinski definition) is 2. The van der Waals surface area contributed by atoms with E-state index in [9.17, 15) is 4.79 Å². The summed E-state index contributed by atoms with van der Waals surface area (Å²) in [5.41, 5.74) is 0. The van der Waals surface area contributed by atoms with E-state index in [1.165, 1.54) is 19.3 Å². The Balaban J connectivity index is 1.82. The maximum atomic E-state index is 10.7. The van der Waals surface area contributed by atoms with E-state index in [0.29, 0.717) is 5.92 Å². The summed E-state index contributed by atoms with van der Waals surface area (Å²) in [4.78, 5) is 10.7. The van der Waals surface area contributed by atoms with Crippen molar-refractivity contribution in [3.05, 3.63) is 0 Å². The van der Waals surface area contributed by atoms with Gasteiger partial charge in [-0.3, -0.25) is 0 Å². The molecule has 1 heterocycles. The predicted octanol–water partition coefficient (Wildman–Crippen LogP) is 0.716. The molecule has 2 rings (SSSR count). The van der Waals surface area contributed by atoms with Gasteiger partial charge in [-0.25, -0.2) is 4.79 Å². The van der Waals surface area contributed by atoms with E-state index in [-0.39, 0.29) is 6.03 Å². The average Bonchev–Trinajstić information content (AvgIpc) is 1.90. The highest BCUT2D eigenvalue weighted by Crippen LogP contribution is 2.33. The zero-order valence-electron chi connectivity index (χ0n) is 6.60. The molecule has 2 fully saturated rings. The van der Waals surface area contributed by atoms with Gasteiger partial charge in [-0.2, -0.15) is 0 Å². The van der Waals surface area contributed by atoms with Crippen molar-refractivity contribution in [3.8, 4) is 0 Å². The summed E-state index contributed by atoms with van der Waals surface area (Å²) >= 11 is 0. The van der Waals surface area contributed by atoms with Gasteiger partial charge in [-0.15, -0.1) is 0 Å². The van der Waals surface area contributed by atoms with Crippen LogP contribution >= 0.6 is 0 Å². The predicted molar refractivity (Wildman–Crippen MR) is 42.2 cm³/mol. The normalized spacial score (nSPS) is 27.1. The summed E-state index contributed by atoms with van der Waals surface area (Å²) in [5, 5.41) is 5.66. The van der Waals surface area contributed by atoms with Gasteiger partial charge in [0, 0.05) is 13.1 Å². The van der Waals surface area contributed by atoms with Crippen LogP contribution in [-0.2, 0) is 0 Å². The number of carbonyl (C=O) groups is 1. The Labute approximate surface area is 66.5 Å². The van der Waals surface area contributed by atoms with Crippen LogP contribution in [0.4, 0.5) is 4.79 Å². The first-order chi connectivity index (χ1) is 5.36. The highest BCUT2D eigenvalue weighted by atomic mass is 16.2. The standard InChI is InChI=1S/C8H14N2O/c11-8-9-4-7(5-10-8)6-2-1-3-6/h6-7H,1-5H2,(H2,9,10,11). The lowest BCUT2D eigenvalue weighted by molar-refractivity contribution is 0.175. The van der Waals surface area contributed by atoms with Gasteiger partial charge in [0.25, 0.3) is 0 Å². The average molecular weight is 154 g/mol. The molecule has 3 nitrogen and oxygen atoms in total. The van der Waals surface area contributed by atoms with Gasteiger partial charge in [0.2, 0.25) is 0 Å². The molecule has 0 aromatic rings. The first-order valence-corrected chi connectivity index (χ1v) is 4.38. The molecule has 2 aliphatic rings. The van der Waals surface area contributed by atoms with Crippen molar-refractivity contribution in [1.29, 1.82) is 0 Å². The molecule has 1 aliphatic heterocycles. The fourth-order valence-electron chi connectivity index (χ4n) is 1.83. The van der Waals surface area contributed by atoms with E-state index in [1.807, 2.05) is 0 Å². The minimum absolute atomic E-state index is 0.000531. The van der Waals surface area contributed by atoms with Crippen LogP contribution in [0.25, 0.3) is 0 Å². The molecular formula is C8H14N2O. The third kappa shape index (κ3) is 1.32. The number of rotatable bonds is 1. The number of hydrogen-bond acceptors (Lipinski definition) is 1. The number of amides is 2. The van der Waals surface area contributed by atoms with Crippen LogP contribution in [0.3, 0.4) is 0 Å². The summed E-state index contributed by atoms with van der Waals surface area (Å²) in [6.07, 6.45) is 4.11. The van der Waals surface area contributed by atoms with Crippen LogP contribution < -0.4 is 10.6 Å². The van der Waals surface area contributed by atoms with Gasteiger partial charge in [-0.05, 0) is 11.8 Å². The summed E-state index contributed by atoms with van der Waals surface area (Å²) < 4.78 is 0. The van der Waals surface area contributed by atoms with E-state index >= 15 is 0 Å². The SMILES string of the molecule is O=C1NCC(C2CCC2)CN1. The minimum Gasteiger partial charge on any atom is -0.338 e. The number of urea groups is 1. The molecule has 0 spiro atoms. The van der Waals surface area contributed by atoms with Gasteiger partial charge in [0.1, 0.15) is 0 Å². The second-order valence-electron chi connectivity index (χ2n) is 3.54. The van der Waals surface area contributed by atoms with Gasteiger partial charge >= 0.3 is 6.03 Å². The molecular weight excluding hydrogens is 140 g/mol. The molecule has 0 radical (unpaired) electrons. The second-order valence-corrected chi connectivity index (χ2v) is 3.54. The van der Waals surface area contributed by atoms with Crippen molar-refractivity contribution in [3.63, 3.8) is 0 Å². The monoisotopic (exact) mass is 154 g/mol. The molecule has 2 amide bonds. The maximum absolute atomic E-state index is 10.7. The summed E-state index contributed by atoms with van der Waals surface area (Å²) in [6, 6.07) is 0.000531. The molecule has 1 aliphatic carbocycles. The van der Waals surface area contributed by atoms with Gasteiger partial charge in [0.15, 0.2) is 0 Å². The fourth-order valence-corrected chi connectivity index (χ4v) is 1.83. The zero-order valence-corrected chi connectivity index (χ0v) is 6.60. The Morgan fingerprint density at radius 3 is 2.18 bits per heavy atom. The van der Waals surface area contributed by atoms with Crippen LogP contribution in [0, 0.1) is 11.8 Å². The molecule has 0 atom stereocenters. The molecule has 0 unspecified atom stereocenters. The second kappa shape index (κ2) is 2.72. The zero-order chi connectivity index (χ0) is 7.68. The Morgan fingerprint density at radius 2 is 1.73 bits per heavy atom. The number of carbonyl (C=O) groups excluding carboxylic acids is 1. The first-order valence-electron chi connectivity index (χ1n) is 4.38. The van der Waals surface area contributed by atoms with Crippen LogP contribution in [0.5, 0.6) is 0 Å². The molecule has 0 aromatic carbocycles. The molecule has 11 heavy (non-hydrogen) atoms. The lowest BCUT2D eigenvalue weighted by atomic mass is 9.75. The fraction of sp³-hybridized carbons (Fsp3) is 0.875. The van der Waals surface area contributed by atoms with Crippen molar-refractivity contribution >= 4 is 6.03 Å². The Bertz CT molecular complexity index is 155. The van der Waals surface area contributed by atoms with Gasteiger partial charge < -0.3 is 10.6 Å². The van der Waals surface area contributed by atoms with Crippen molar-refractivity contribution in [1.82, 2.24) is 10.6 Å². The minimum atomic E-state index is 0.000531. The highest BCUT2D eigenvalue weighted by Gasteiger charge is 2.29. The van der Waals surface area contributed by atoms with Crippen LogP contribution in [0.15, 0.2) is 0 Å². The topological polar surface area (TPSA) is 41.1 Å². The van der Waals surface area contributed by atoms with E-state index < -0.39 is 0 Å². The lowest BCUT2D eigenvalue weighted by Gasteiger charge is -2.36. The Hall–Kier alpha value is -0.730. The lowest BCUT2D eigenvalue weighted by Crippen LogP contribution is -2.51. The molecule has 1 saturated heterocycles. The van der Waals surface area contributed by atoms with E-state index in [1.54, 1.807) is 0 Å². The summed E-state index contributed by atoms with van der Waals surface area (Å²) in [5.74, 6) is 1.57. The smallest absolute Gasteiger partial charge is 0.314 e. The largest absolute Gasteiger partial charge is 0.338 e. The third-order valence-electron chi connectivity index (χ3n) is 2.87. The molecule has 0 aromatic heterocycles. The Morgan fingerprint density at radius 1 is 1.09 bits per heavy atom. The maximum Gasteiger partial charge on any atom is 0.314 e. The number of nitrogens with one attached hydrogen (secondary N) is 2. The summed E-state index contributed by atoms with van der Waals surface area (Å²) in [6.45, 7) is 1.77. The van der Waals surface area contributed by atoms with E-state index in [2.05, 4.69) is 10.6 Å². The van der Waals surface area contributed by atoms with Crippen molar-refractivity contribution < 1.29 is 4.79 Å². The Kier molecular flexibility index (Phi) is 1.72. The highest BCUT2D eigenvalue weighted by molar-refractivity contribution is 5.74. The van der Waals surface area contributed by atoms with Crippen LogP contribution in [-0.4, -0.2) is 19.1 Å². The van der Waals surface area contributed by atoms with Crippen LogP contribution in [0.2, 0.25) is 0 Å². The third-order valence-corrected chi connectivity index (χ3v) is 2.87. The van der Waals surface area contributed by atoms with Crippen molar-refractivity contribution in [2.24, 2.45) is 11.8 Å². The van der Waals surface area contributed by atoms with Gasteiger partial charge in [0.05, 0.1) is 0 Å². The van der Waals surface area contributed by atoms with Crippen LogP contribution in [0.1, 0.15) is 19.3 Å². The molecule has 0 bridgehead atoms. The summed E-state index contributed by atoms with van der Waals surface area (Å²) in [7, 11) is 0. The van der Waals surface area contributed by atoms with E-state index in [0.717, 1.165) is 19.0 Å². The van der Waals surface area contributed by atoms with Crippen molar-refractivity contribution in [2.45, 2.75) is 19.3 Å². The molecule has 3 heteroatoms. The molecule has 62 valence electrons. The van der Waals surface area contributed by atoms with E-state index in [4.69, 9.17) is 0 Å². The quantitative estimate of drug-likeness (QED) is 0.574.